The van der Waals surface area contributed by atoms with Gasteiger partial charge in [0.15, 0.2) is 9.84 Å². The van der Waals surface area contributed by atoms with Crippen molar-refractivity contribution >= 4 is 15.7 Å². The van der Waals surface area contributed by atoms with Crippen molar-refractivity contribution in [2.24, 2.45) is 0 Å². The molecule has 1 atom stereocenters. The Morgan fingerprint density at radius 2 is 2.04 bits per heavy atom. The second-order valence-electron chi connectivity index (χ2n) is 6.53. The Balaban J connectivity index is 1.76. The number of amides is 1. The number of hydrogen-bond acceptors (Lipinski definition) is 5. The zero-order chi connectivity index (χ0) is 18.7. The number of likely N-dealkylation sites (tertiary alicyclic amines) is 1. The summed E-state index contributed by atoms with van der Waals surface area (Å²) in [7, 11) is -3.44. The van der Waals surface area contributed by atoms with Gasteiger partial charge in [0.05, 0.1) is 12.1 Å². The fraction of sp³-hybridized carbons (Fsp3) is 0.389. The molecule has 138 valence electrons. The van der Waals surface area contributed by atoms with Gasteiger partial charge >= 0.3 is 0 Å². The molecule has 0 spiro atoms. The molecule has 1 fully saturated rings. The van der Waals surface area contributed by atoms with E-state index in [9.17, 15) is 17.6 Å². The summed E-state index contributed by atoms with van der Waals surface area (Å²) in [4.78, 5) is 22.5. The molecule has 1 aromatic heterocycles. The van der Waals surface area contributed by atoms with Crippen molar-refractivity contribution in [2.45, 2.75) is 30.1 Å². The summed E-state index contributed by atoms with van der Waals surface area (Å²) in [6.07, 6.45) is 5.51. The maximum atomic E-state index is 13.0. The molecule has 0 radical (unpaired) electrons. The number of rotatable bonds is 4. The molecule has 1 aliphatic heterocycles. The summed E-state index contributed by atoms with van der Waals surface area (Å²) in [5, 5.41) is 0. The third-order valence-corrected chi connectivity index (χ3v) is 5.65. The molecule has 2 heterocycles. The molecule has 0 saturated carbocycles. The molecule has 2 aromatic rings. The average molecular weight is 377 g/mol. The number of sulfone groups is 1. The molecule has 6 nitrogen and oxygen atoms in total. The van der Waals surface area contributed by atoms with Gasteiger partial charge in [-0.2, -0.15) is 0 Å². The molecular weight excluding hydrogens is 357 g/mol. The largest absolute Gasteiger partial charge is 0.342 e. The van der Waals surface area contributed by atoms with Crippen LogP contribution in [-0.4, -0.2) is 48.5 Å². The molecule has 0 bridgehead atoms. The van der Waals surface area contributed by atoms with Gasteiger partial charge in [-0.15, -0.1) is 0 Å². The van der Waals surface area contributed by atoms with Gasteiger partial charge in [-0.1, -0.05) is 12.1 Å². The summed E-state index contributed by atoms with van der Waals surface area (Å²) in [6.45, 7) is 1.04. The minimum absolute atomic E-state index is 0.0590. The van der Waals surface area contributed by atoms with E-state index in [1.54, 1.807) is 17.0 Å². The van der Waals surface area contributed by atoms with Gasteiger partial charge < -0.3 is 4.90 Å². The van der Waals surface area contributed by atoms with Gasteiger partial charge in [-0.05, 0) is 30.5 Å². The Bertz CT molecular complexity index is 900. The van der Waals surface area contributed by atoms with Gasteiger partial charge in [0, 0.05) is 31.5 Å². The molecule has 1 amide bonds. The zero-order valence-electron chi connectivity index (χ0n) is 14.4. The monoisotopic (exact) mass is 377 g/mol. The molecule has 1 aromatic carbocycles. The van der Waals surface area contributed by atoms with Crippen LogP contribution in [0.25, 0.3) is 0 Å². The summed E-state index contributed by atoms with van der Waals surface area (Å²) in [6, 6.07) is 5.86. The maximum Gasteiger partial charge on any atom is 0.227 e. The van der Waals surface area contributed by atoms with E-state index in [4.69, 9.17) is 0 Å². The second-order valence-corrected chi connectivity index (χ2v) is 8.51. The number of carbonyl (C=O) groups is 1. The Kier molecular flexibility index (Phi) is 5.31. The van der Waals surface area contributed by atoms with E-state index in [0.717, 1.165) is 24.7 Å². The second kappa shape index (κ2) is 7.49. The number of benzene rings is 1. The van der Waals surface area contributed by atoms with Crippen LogP contribution in [0.2, 0.25) is 0 Å². The Morgan fingerprint density at radius 1 is 1.31 bits per heavy atom. The van der Waals surface area contributed by atoms with Gasteiger partial charge in [-0.3, -0.25) is 4.79 Å². The van der Waals surface area contributed by atoms with E-state index in [1.165, 1.54) is 24.7 Å². The molecule has 26 heavy (non-hydrogen) atoms. The predicted molar refractivity (Wildman–Crippen MR) is 93.8 cm³/mol. The van der Waals surface area contributed by atoms with Crippen LogP contribution in [0.5, 0.6) is 0 Å². The van der Waals surface area contributed by atoms with Crippen LogP contribution >= 0.6 is 0 Å². The van der Waals surface area contributed by atoms with Crippen molar-refractivity contribution in [3.63, 3.8) is 0 Å². The van der Waals surface area contributed by atoms with E-state index < -0.39 is 9.84 Å². The van der Waals surface area contributed by atoms with Gasteiger partial charge in [0.25, 0.3) is 0 Å². The highest BCUT2D eigenvalue weighted by atomic mass is 32.2. The van der Waals surface area contributed by atoms with Gasteiger partial charge in [0.2, 0.25) is 5.91 Å². The third-order valence-electron chi connectivity index (χ3n) is 4.54. The molecule has 0 aliphatic carbocycles. The first-order valence-electron chi connectivity index (χ1n) is 8.37. The van der Waals surface area contributed by atoms with Crippen LogP contribution in [0.15, 0.2) is 41.7 Å². The number of carbonyl (C=O) groups excluding carboxylic acids is 1. The van der Waals surface area contributed by atoms with Crippen molar-refractivity contribution in [1.82, 2.24) is 14.9 Å². The highest BCUT2D eigenvalue weighted by Crippen LogP contribution is 2.29. The molecule has 0 N–H and O–H groups in total. The molecule has 8 heteroatoms. The molecule has 3 rings (SSSR count). The van der Waals surface area contributed by atoms with Crippen molar-refractivity contribution in [3.05, 3.63) is 53.9 Å². The highest BCUT2D eigenvalue weighted by molar-refractivity contribution is 7.90. The van der Waals surface area contributed by atoms with Gasteiger partial charge in [-0.25, -0.2) is 22.8 Å². The topological polar surface area (TPSA) is 80.2 Å². The van der Waals surface area contributed by atoms with E-state index in [0.29, 0.717) is 18.8 Å². The standard InChI is InChI=1S/C18H20FN3O3S/c1-26(24,25)16-10-20-12-21-18(16)14-3-2-8-22(11-14)17(23)9-13-4-6-15(19)7-5-13/h4-7,10,12,14H,2-3,8-9,11H2,1H3. The van der Waals surface area contributed by atoms with E-state index in [2.05, 4.69) is 9.97 Å². The SMILES string of the molecule is CS(=O)(=O)c1cncnc1C1CCCN(C(=O)Cc2ccc(F)cc2)C1. The van der Waals surface area contributed by atoms with Crippen LogP contribution in [0.1, 0.15) is 30.0 Å². The summed E-state index contributed by atoms with van der Waals surface area (Å²) in [5.74, 6) is -0.541. The number of halogens is 1. The van der Waals surface area contributed by atoms with Crippen LogP contribution in [-0.2, 0) is 21.1 Å². The van der Waals surface area contributed by atoms with E-state index >= 15 is 0 Å². The minimum Gasteiger partial charge on any atom is -0.342 e. The highest BCUT2D eigenvalue weighted by Gasteiger charge is 2.29. The van der Waals surface area contributed by atoms with Crippen molar-refractivity contribution < 1.29 is 17.6 Å². The summed E-state index contributed by atoms with van der Waals surface area (Å²) < 4.78 is 37.0. The van der Waals surface area contributed by atoms with Crippen LogP contribution in [0.3, 0.4) is 0 Å². The van der Waals surface area contributed by atoms with E-state index in [-0.39, 0.29) is 29.0 Å². The maximum absolute atomic E-state index is 13.0. The molecular formula is C18H20FN3O3S. The fourth-order valence-electron chi connectivity index (χ4n) is 3.23. The van der Waals surface area contributed by atoms with Crippen LogP contribution < -0.4 is 0 Å². The Hall–Kier alpha value is -2.35. The molecule has 1 aliphatic rings. The van der Waals surface area contributed by atoms with Crippen molar-refractivity contribution in [1.29, 1.82) is 0 Å². The smallest absolute Gasteiger partial charge is 0.227 e. The molecule has 1 unspecified atom stereocenters. The number of hydrogen-bond donors (Lipinski definition) is 0. The lowest BCUT2D eigenvalue weighted by Crippen LogP contribution is -2.40. The first kappa shape index (κ1) is 18.4. The Morgan fingerprint density at radius 3 is 2.73 bits per heavy atom. The average Bonchev–Trinajstić information content (AvgIpc) is 2.63. The Labute approximate surface area is 152 Å². The lowest BCUT2D eigenvalue weighted by atomic mass is 9.94. The first-order chi connectivity index (χ1) is 12.3. The predicted octanol–water partition coefficient (Wildman–Crippen LogP) is 1.97. The van der Waals surface area contributed by atoms with Gasteiger partial charge in [0.1, 0.15) is 17.0 Å². The fourth-order valence-corrected chi connectivity index (χ4v) is 4.09. The van der Waals surface area contributed by atoms with Crippen LogP contribution in [0, 0.1) is 5.82 Å². The number of aromatic nitrogens is 2. The normalized spacial score (nSPS) is 17.9. The van der Waals surface area contributed by atoms with E-state index in [1.807, 2.05) is 0 Å². The van der Waals surface area contributed by atoms with Crippen molar-refractivity contribution in [3.8, 4) is 0 Å². The summed E-state index contributed by atoms with van der Waals surface area (Å²) >= 11 is 0. The van der Waals surface area contributed by atoms with Crippen LogP contribution in [0.4, 0.5) is 4.39 Å². The summed E-state index contributed by atoms with van der Waals surface area (Å²) in [5.41, 5.74) is 1.22. The first-order valence-corrected chi connectivity index (χ1v) is 10.3. The zero-order valence-corrected chi connectivity index (χ0v) is 15.2. The lowest BCUT2D eigenvalue weighted by molar-refractivity contribution is -0.131. The lowest BCUT2D eigenvalue weighted by Gasteiger charge is -2.33. The molecule has 1 saturated heterocycles. The number of piperidine rings is 1. The number of nitrogens with zero attached hydrogens (tertiary/aromatic N) is 3. The third kappa shape index (κ3) is 4.24. The quantitative estimate of drug-likeness (QED) is 0.814. The minimum atomic E-state index is -3.44. The van der Waals surface area contributed by atoms with Crippen molar-refractivity contribution in [2.75, 3.05) is 19.3 Å².